The van der Waals surface area contributed by atoms with E-state index in [-0.39, 0.29) is 11.7 Å². The molecule has 0 aliphatic rings. The van der Waals surface area contributed by atoms with Crippen LogP contribution in [0.2, 0.25) is 0 Å². The van der Waals surface area contributed by atoms with Gasteiger partial charge in [0.1, 0.15) is 0 Å². The molecule has 0 spiro atoms. The van der Waals surface area contributed by atoms with Crippen molar-refractivity contribution in [2.24, 2.45) is 5.73 Å². The van der Waals surface area contributed by atoms with Crippen LogP contribution in [0.25, 0.3) is 0 Å². The zero-order valence-electron chi connectivity index (χ0n) is 12.6. The molecule has 0 heterocycles. The average Bonchev–Trinajstić information content (AvgIpc) is 2.42. The molecule has 0 radical (unpaired) electrons. The third kappa shape index (κ3) is 5.35. The first-order valence-corrected chi connectivity index (χ1v) is 8.62. The van der Waals surface area contributed by atoms with Gasteiger partial charge in [-0.25, -0.2) is 8.42 Å². The zero-order valence-corrected chi connectivity index (χ0v) is 13.5. The Morgan fingerprint density at radius 1 is 1.33 bits per heavy atom. The van der Waals surface area contributed by atoms with Crippen molar-refractivity contribution in [1.82, 2.24) is 0 Å². The summed E-state index contributed by atoms with van der Waals surface area (Å²) in [5, 5.41) is 2.73. The first kappa shape index (κ1) is 17.5. The predicted octanol–water partition coefficient (Wildman–Crippen LogP) is 1.82. The summed E-state index contributed by atoms with van der Waals surface area (Å²) in [6.45, 7) is 5.31. The van der Waals surface area contributed by atoms with E-state index < -0.39 is 16.1 Å². The Morgan fingerprint density at radius 3 is 2.52 bits per heavy atom. The first-order valence-electron chi connectivity index (χ1n) is 6.96. The third-order valence-electron chi connectivity index (χ3n) is 3.08. The largest absolute Gasteiger partial charge is 0.325 e. The molecule has 0 saturated heterocycles. The zero-order chi connectivity index (χ0) is 16.0. The molecule has 0 aliphatic carbocycles. The van der Waals surface area contributed by atoms with Crippen LogP contribution in [0.1, 0.15) is 32.3 Å². The molecule has 1 aromatic rings. The van der Waals surface area contributed by atoms with Gasteiger partial charge >= 0.3 is 0 Å². The van der Waals surface area contributed by atoms with Crippen molar-refractivity contribution in [3.05, 3.63) is 23.8 Å². The fourth-order valence-electron chi connectivity index (χ4n) is 1.77. The van der Waals surface area contributed by atoms with Gasteiger partial charge in [-0.1, -0.05) is 13.3 Å². The SMILES string of the molecule is CCCC(N)C(=O)Nc1ccc(NS(=O)(=O)CC)c(C)c1. The van der Waals surface area contributed by atoms with Gasteiger partial charge in [0, 0.05) is 5.69 Å². The number of carbonyl (C=O) groups is 1. The molecular formula is C14H23N3O3S. The van der Waals surface area contributed by atoms with Gasteiger partial charge < -0.3 is 11.1 Å². The van der Waals surface area contributed by atoms with Gasteiger partial charge in [0.25, 0.3) is 0 Å². The third-order valence-corrected chi connectivity index (χ3v) is 4.37. The van der Waals surface area contributed by atoms with E-state index in [0.717, 1.165) is 12.0 Å². The number of anilines is 2. The van der Waals surface area contributed by atoms with Crippen LogP contribution in [-0.2, 0) is 14.8 Å². The molecular weight excluding hydrogens is 290 g/mol. The summed E-state index contributed by atoms with van der Waals surface area (Å²) < 4.78 is 25.6. The van der Waals surface area contributed by atoms with E-state index in [1.165, 1.54) is 0 Å². The molecule has 0 fully saturated rings. The number of benzene rings is 1. The van der Waals surface area contributed by atoms with Gasteiger partial charge in [0.15, 0.2) is 0 Å². The van der Waals surface area contributed by atoms with Gasteiger partial charge in [-0.3, -0.25) is 9.52 Å². The van der Waals surface area contributed by atoms with E-state index in [2.05, 4.69) is 10.0 Å². The lowest BCUT2D eigenvalue weighted by atomic mass is 10.1. The second-order valence-corrected chi connectivity index (χ2v) is 6.93. The van der Waals surface area contributed by atoms with Crippen molar-refractivity contribution in [1.29, 1.82) is 0 Å². The minimum absolute atomic E-state index is 0.0107. The smallest absolute Gasteiger partial charge is 0.241 e. The topological polar surface area (TPSA) is 101 Å². The van der Waals surface area contributed by atoms with E-state index in [0.29, 0.717) is 17.8 Å². The van der Waals surface area contributed by atoms with Crippen LogP contribution in [0.4, 0.5) is 11.4 Å². The van der Waals surface area contributed by atoms with Crippen LogP contribution < -0.4 is 15.8 Å². The molecule has 1 aromatic carbocycles. The molecule has 1 atom stereocenters. The number of hydrogen-bond acceptors (Lipinski definition) is 4. The number of rotatable bonds is 7. The molecule has 0 saturated carbocycles. The Morgan fingerprint density at radius 2 is 2.00 bits per heavy atom. The highest BCUT2D eigenvalue weighted by Gasteiger charge is 2.13. The van der Waals surface area contributed by atoms with Crippen molar-refractivity contribution < 1.29 is 13.2 Å². The summed E-state index contributed by atoms with van der Waals surface area (Å²) in [7, 11) is -3.31. The highest BCUT2D eigenvalue weighted by atomic mass is 32.2. The van der Waals surface area contributed by atoms with Gasteiger partial charge in [-0.15, -0.1) is 0 Å². The molecule has 1 amide bonds. The van der Waals surface area contributed by atoms with Crippen molar-refractivity contribution in [2.45, 2.75) is 39.7 Å². The van der Waals surface area contributed by atoms with Crippen LogP contribution >= 0.6 is 0 Å². The second kappa shape index (κ2) is 7.42. The predicted molar refractivity (Wildman–Crippen MR) is 85.8 cm³/mol. The molecule has 7 heteroatoms. The maximum atomic E-state index is 11.8. The van der Waals surface area contributed by atoms with Crippen LogP contribution in [-0.4, -0.2) is 26.1 Å². The second-order valence-electron chi connectivity index (χ2n) is 4.92. The van der Waals surface area contributed by atoms with Crippen LogP contribution in [0.5, 0.6) is 0 Å². The maximum Gasteiger partial charge on any atom is 0.241 e. The van der Waals surface area contributed by atoms with E-state index in [1.807, 2.05) is 6.92 Å². The molecule has 4 N–H and O–H groups in total. The summed E-state index contributed by atoms with van der Waals surface area (Å²) in [5.74, 6) is -0.227. The summed E-state index contributed by atoms with van der Waals surface area (Å²) in [4.78, 5) is 11.8. The fraction of sp³-hybridized carbons (Fsp3) is 0.500. The van der Waals surface area contributed by atoms with E-state index >= 15 is 0 Å². The van der Waals surface area contributed by atoms with E-state index in [9.17, 15) is 13.2 Å². The number of carbonyl (C=O) groups excluding carboxylic acids is 1. The van der Waals surface area contributed by atoms with Crippen molar-refractivity contribution in [3.8, 4) is 0 Å². The van der Waals surface area contributed by atoms with Crippen molar-refractivity contribution in [3.63, 3.8) is 0 Å². The van der Waals surface area contributed by atoms with Gasteiger partial charge in [0.2, 0.25) is 15.9 Å². The van der Waals surface area contributed by atoms with E-state index in [1.54, 1.807) is 32.0 Å². The maximum absolute atomic E-state index is 11.8. The Labute approximate surface area is 126 Å². The van der Waals surface area contributed by atoms with Crippen molar-refractivity contribution >= 4 is 27.3 Å². The number of amides is 1. The molecule has 21 heavy (non-hydrogen) atoms. The minimum Gasteiger partial charge on any atom is -0.325 e. The Hall–Kier alpha value is -1.60. The van der Waals surface area contributed by atoms with Crippen molar-refractivity contribution in [2.75, 3.05) is 15.8 Å². The van der Waals surface area contributed by atoms with E-state index in [4.69, 9.17) is 5.73 Å². The van der Waals surface area contributed by atoms with Crippen LogP contribution in [0, 0.1) is 6.92 Å². The summed E-state index contributed by atoms with van der Waals surface area (Å²) in [5.41, 5.74) is 7.58. The van der Waals surface area contributed by atoms with Gasteiger partial charge in [0.05, 0.1) is 17.5 Å². The van der Waals surface area contributed by atoms with Crippen LogP contribution in [0.15, 0.2) is 18.2 Å². The minimum atomic E-state index is -3.31. The molecule has 1 rings (SSSR count). The quantitative estimate of drug-likeness (QED) is 0.714. The standard InChI is InChI=1S/C14H23N3O3S/c1-4-6-12(15)14(18)16-11-7-8-13(10(3)9-11)17-21(19,20)5-2/h7-9,12,17H,4-6,15H2,1-3H3,(H,16,18). The molecule has 0 bridgehead atoms. The lowest BCUT2D eigenvalue weighted by Gasteiger charge is -2.14. The normalized spacial score (nSPS) is 12.8. The fourth-order valence-corrected chi connectivity index (χ4v) is 2.48. The number of sulfonamides is 1. The lowest BCUT2D eigenvalue weighted by Crippen LogP contribution is -2.35. The highest BCUT2D eigenvalue weighted by molar-refractivity contribution is 7.92. The molecule has 1 unspecified atom stereocenters. The molecule has 0 aliphatic heterocycles. The lowest BCUT2D eigenvalue weighted by molar-refractivity contribution is -0.117. The average molecular weight is 313 g/mol. The Kier molecular flexibility index (Phi) is 6.17. The molecule has 0 aromatic heterocycles. The van der Waals surface area contributed by atoms with Gasteiger partial charge in [-0.2, -0.15) is 0 Å². The monoisotopic (exact) mass is 313 g/mol. The molecule has 118 valence electrons. The summed E-state index contributed by atoms with van der Waals surface area (Å²) in [6, 6.07) is 4.46. The summed E-state index contributed by atoms with van der Waals surface area (Å²) in [6.07, 6.45) is 1.46. The van der Waals surface area contributed by atoms with Crippen LogP contribution in [0.3, 0.4) is 0 Å². The summed E-state index contributed by atoms with van der Waals surface area (Å²) >= 11 is 0. The number of nitrogens with one attached hydrogen (secondary N) is 2. The highest BCUT2D eigenvalue weighted by Crippen LogP contribution is 2.21. The Balaban J connectivity index is 2.81. The number of aryl methyl sites for hydroxylation is 1. The van der Waals surface area contributed by atoms with Gasteiger partial charge in [-0.05, 0) is 44.0 Å². The first-order chi connectivity index (χ1) is 9.79. The number of nitrogens with two attached hydrogens (primary N) is 1. The molecule has 6 nitrogen and oxygen atoms in total. The Bertz CT molecular complexity index is 599. The number of hydrogen-bond donors (Lipinski definition) is 3.